The number of fused-ring (bicyclic) bond motifs is 4. The molecule has 4 fully saturated rings. The van der Waals surface area contributed by atoms with Crippen LogP contribution in [-0.2, 0) is 4.74 Å². The van der Waals surface area contributed by atoms with Crippen molar-refractivity contribution in [2.75, 3.05) is 37.7 Å². The van der Waals surface area contributed by atoms with Crippen molar-refractivity contribution >= 4 is 22.8 Å². The Balaban J connectivity index is 1.28. The number of hydrogen-bond donors (Lipinski definition) is 0. The maximum Gasteiger partial charge on any atom is 0.410 e. The van der Waals surface area contributed by atoms with Crippen molar-refractivity contribution in [2.24, 2.45) is 0 Å². The Morgan fingerprint density at radius 3 is 2.41 bits per heavy atom. The van der Waals surface area contributed by atoms with Gasteiger partial charge in [-0.1, -0.05) is 26.0 Å². The number of halogens is 2. The second kappa shape index (κ2) is 11.6. The Labute approximate surface area is 269 Å². The van der Waals surface area contributed by atoms with Crippen LogP contribution in [0, 0.1) is 11.6 Å². The van der Waals surface area contributed by atoms with Crippen molar-refractivity contribution in [3.8, 4) is 17.3 Å². The van der Waals surface area contributed by atoms with Gasteiger partial charge in [-0.15, -0.1) is 0 Å². The van der Waals surface area contributed by atoms with Gasteiger partial charge in [-0.25, -0.2) is 13.6 Å². The Morgan fingerprint density at radius 1 is 1.07 bits per heavy atom. The van der Waals surface area contributed by atoms with Crippen LogP contribution >= 0.6 is 0 Å². The van der Waals surface area contributed by atoms with E-state index in [1.165, 1.54) is 6.07 Å². The molecule has 2 bridgehead atoms. The van der Waals surface area contributed by atoms with Gasteiger partial charge in [0.25, 0.3) is 0 Å². The zero-order valence-electron chi connectivity index (χ0n) is 27.5. The summed E-state index contributed by atoms with van der Waals surface area (Å²) >= 11 is 0. The minimum Gasteiger partial charge on any atom is -0.461 e. The molecule has 246 valence electrons. The minimum atomic E-state index is -0.629. The summed E-state index contributed by atoms with van der Waals surface area (Å²) in [6, 6.07) is 4.67. The predicted molar refractivity (Wildman–Crippen MR) is 172 cm³/mol. The first-order valence-electron chi connectivity index (χ1n) is 16.7. The lowest BCUT2D eigenvalue weighted by Gasteiger charge is -2.42. The van der Waals surface area contributed by atoms with Crippen LogP contribution in [0.2, 0.25) is 0 Å². The van der Waals surface area contributed by atoms with Gasteiger partial charge >= 0.3 is 12.1 Å². The number of anilines is 1. The Hall–Kier alpha value is -3.60. The smallest absolute Gasteiger partial charge is 0.410 e. The van der Waals surface area contributed by atoms with Crippen LogP contribution in [0.1, 0.15) is 84.6 Å². The highest BCUT2D eigenvalue weighted by atomic mass is 19.1. The van der Waals surface area contributed by atoms with Gasteiger partial charge in [0.05, 0.1) is 23.0 Å². The Morgan fingerprint density at radius 2 is 1.76 bits per heavy atom. The van der Waals surface area contributed by atoms with Gasteiger partial charge in [0, 0.05) is 24.8 Å². The van der Waals surface area contributed by atoms with Gasteiger partial charge in [-0.05, 0) is 89.9 Å². The van der Waals surface area contributed by atoms with Crippen molar-refractivity contribution in [2.45, 2.75) is 102 Å². The molecule has 0 saturated carbocycles. The van der Waals surface area contributed by atoms with E-state index in [4.69, 9.17) is 14.5 Å². The van der Waals surface area contributed by atoms with Crippen LogP contribution in [0.4, 0.5) is 19.4 Å². The second-order valence-corrected chi connectivity index (χ2v) is 14.8. The number of pyridine rings is 1. The highest BCUT2D eigenvalue weighted by Gasteiger charge is 2.46. The molecule has 4 aliphatic heterocycles. The molecule has 4 saturated heterocycles. The number of aromatic nitrogens is 3. The van der Waals surface area contributed by atoms with E-state index in [2.05, 4.69) is 19.8 Å². The number of hydrogen-bond acceptors (Lipinski definition) is 8. The number of carbonyl (C=O) groups excluding carboxylic acids is 1. The lowest BCUT2D eigenvalue weighted by Crippen LogP contribution is -2.57. The number of piperazine rings is 1. The molecule has 6 heterocycles. The van der Waals surface area contributed by atoms with E-state index in [1.54, 1.807) is 18.3 Å². The lowest BCUT2D eigenvalue weighted by atomic mass is 9.94. The molecule has 3 aromatic rings. The molecule has 4 aliphatic rings. The summed E-state index contributed by atoms with van der Waals surface area (Å²) in [5.41, 5.74) is 0.347. The first kappa shape index (κ1) is 31.0. The minimum absolute atomic E-state index is 0.0354. The van der Waals surface area contributed by atoms with E-state index in [0.29, 0.717) is 42.0 Å². The summed E-state index contributed by atoms with van der Waals surface area (Å²) in [5.74, 6) is -0.661. The highest BCUT2D eigenvalue weighted by molar-refractivity contribution is 5.92. The molecule has 2 aromatic heterocycles. The molecule has 0 radical (unpaired) electrons. The molecule has 2 atom stereocenters. The summed E-state index contributed by atoms with van der Waals surface area (Å²) in [6.45, 7) is 13.0. The molecule has 7 rings (SSSR count). The van der Waals surface area contributed by atoms with Crippen molar-refractivity contribution < 1.29 is 23.0 Å². The van der Waals surface area contributed by atoms with Gasteiger partial charge in [-0.2, -0.15) is 9.97 Å². The number of benzene rings is 1. The standard InChI is InChI=1S/C35H44F2N6O3/c1-21(2)27-24(9-6-10-26(27)36)29-28(37)30-25(17-38-29)31(40-32(39-30)45-20-35-13-7-15-42(35)16-8-14-35)41-18-22-11-12-23(19-41)43(22)33(44)46-34(3,4)5/h6,9-10,17,21-23H,7-8,11-16,18-20H2,1-5H3/t22-,23+. The molecule has 9 nitrogen and oxygen atoms in total. The van der Waals surface area contributed by atoms with Crippen LogP contribution in [0.15, 0.2) is 24.4 Å². The molecule has 0 aliphatic carbocycles. The van der Waals surface area contributed by atoms with Crippen LogP contribution < -0.4 is 9.64 Å². The number of amides is 1. The molecule has 0 N–H and O–H groups in total. The maximum atomic E-state index is 16.7. The van der Waals surface area contributed by atoms with Crippen molar-refractivity contribution in [1.29, 1.82) is 0 Å². The zero-order chi connectivity index (χ0) is 32.4. The first-order valence-corrected chi connectivity index (χ1v) is 16.7. The number of ether oxygens (including phenoxy) is 2. The summed E-state index contributed by atoms with van der Waals surface area (Å²) in [5, 5.41) is 0.461. The predicted octanol–water partition coefficient (Wildman–Crippen LogP) is 6.69. The Kier molecular flexibility index (Phi) is 7.81. The third-order valence-electron chi connectivity index (χ3n) is 10.2. The van der Waals surface area contributed by atoms with Crippen LogP contribution in [0.5, 0.6) is 6.01 Å². The quantitative estimate of drug-likeness (QED) is 0.297. The van der Waals surface area contributed by atoms with E-state index < -0.39 is 17.2 Å². The van der Waals surface area contributed by atoms with E-state index in [1.807, 2.05) is 39.5 Å². The van der Waals surface area contributed by atoms with E-state index in [0.717, 1.165) is 51.6 Å². The van der Waals surface area contributed by atoms with Crippen molar-refractivity contribution in [1.82, 2.24) is 24.8 Å². The average Bonchev–Trinajstić information content (AvgIpc) is 3.65. The Bertz CT molecular complexity index is 1640. The van der Waals surface area contributed by atoms with Crippen molar-refractivity contribution in [3.05, 3.63) is 41.6 Å². The molecule has 1 amide bonds. The highest BCUT2D eigenvalue weighted by Crippen LogP contribution is 2.41. The molecular weight excluding hydrogens is 590 g/mol. The number of nitrogens with zero attached hydrogens (tertiary/aromatic N) is 6. The number of rotatable bonds is 6. The fraction of sp³-hybridized carbons (Fsp3) is 0.600. The normalized spacial score (nSPS) is 22.6. The van der Waals surface area contributed by atoms with Crippen LogP contribution in [0.3, 0.4) is 0 Å². The van der Waals surface area contributed by atoms with Crippen LogP contribution in [0.25, 0.3) is 22.2 Å². The topological polar surface area (TPSA) is 83.9 Å². The van der Waals surface area contributed by atoms with E-state index in [9.17, 15) is 9.18 Å². The van der Waals surface area contributed by atoms with Gasteiger partial charge in [0.1, 0.15) is 35.1 Å². The van der Waals surface area contributed by atoms with Crippen molar-refractivity contribution in [3.63, 3.8) is 0 Å². The average molecular weight is 635 g/mol. The zero-order valence-corrected chi connectivity index (χ0v) is 27.5. The third-order valence-corrected chi connectivity index (χ3v) is 10.2. The molecular formula is C35H44F2N6O3. The summed E-state index contributed by atoms with van der Waals surface area (Å²) in [7, 11) is 0. The fourth-order valence-corrected chi connectivity index (χ4v) is 8.19. The fourth-order valence-electron chi connectivity index (χ4n) is 8.19. The first-order chi connectivity index (χ1) is 21.9. The molecule has 0 unspecified atom stereocenters. The van der Waals surface area contributed by atoms with E-state index >= 15 is 4.39 Å². The summed E-state index contributed by atoms with van der Waals surface area (Å²) < 4.78 is 43.8. The van der Waals surface area contributed by atoms with Gasteiger partial charge < -0.3 is 14.4 Å². The molecule has 1 aromatic carbocycles. The summed E-state index contributed by atoms with van der Waals surface area (Å²) in [6.07, 6.45) is 7.37. The van der Waals surface area contributed by atoms with Crippen LogP contribution in [-0.4, -0.2) is 86.9 Å². The monoisotopic (exact) mass is 634 g/mol. The molecule has 0 spiro atoms. The molecule has 11 heteroatoms. The molecule has 46 heavy (non-hydrogen) atoms. The maximum absolute atomic E-state index is 16.7. The SMILES string of the molecule is CC(C)c1c(F)cccc1-c1ncc2c(N3C[C@H]4CC[C@@H](C3)N4C(=O)OC(C)(C)C)nc(OCC34CCCN3CCC4)nc2c1F. The van der Waals surface area contributed by atoms with Gasteiger partial charge in [0.2, 0.25) is 0 Å². The van der Waals surface area contributed by atoms with Gasteiger partial charge in [-0.3, -0.25) is 14.8 Å². The third kappa shape index (κ3) is 5.44. The lowest BCUT2D eigenvalue weighted by molar-refractivity contribution is 0.0122. The van der Waals surface area contributed by atoms with E-state index in [-0.39, 0.29) is 46.9 Å². The van der Waals surface area contributed by atoms with Gasteiger partial charge in [0.15, 0.2) is 5.82 Å². The second-order valence-electron chi connectivity index (χ2n) is 14.8. The number of carbonyl (C=O) groups is 1. The summed E-state index contributed by atoms with van der Waals surface area (Å²) in [4.78, 5) is 33.7. The largest absolute Gasteiger partial charge is 0.461 e.